The fourth-order valence-electron chi connectivity index (χ4n) is 7.17. The van der Waals surface area contributed by atoms with E-state index in [2.05, 4.69) is 4.98 Å². The van der Waals surface area contributed by atoms with Crippen LogP contribution in [0.15, 0.2) is 18.3 Å². The molecule has 4 fully saturated rings. The summed E-state index contributed by atoms with van der Waals surface area (Å²) in [7, 11) is 1.66. The van der Waals surface area contributed by atoms with Crippen molar-refractivity contribution in [1.82, 2.24) is 9.88 Å². The number of ether oxygens (including phenoxy) is 2. The molecule has 3 saturated heterocycles. The van der Waals surface area contributed by atoms with Gasteiger partial charge in [0.25, 0.3) is 0 Å². The quantitative estimate of drug-likeness (QED) is 0.475. The lowest BCUT2D eigenvalue weighted by atomic mass is 9.78. The number of carbonyl (C=O) groups is 1. The van der Waals surface area contributed by atoms with E-state index >= 15 is 0 Å². The van der Waals surface area contributed by atoms with Crippen molar-refractivity contribution >= 4 is 11.7 Å². The first kappa shape index (κ1) is 26.6. The number of carbonyl (C=O) groups excluding carboxylic acids is 1. The molecule has 3 aliphatic heterocycles. The minimum Gasteiger partial charge on any atom is -0.379 e. The lowest BCUT2D eigenvalue weighted by Crippen LogP contribution is -2.53. The molecule has 0 unspecified atom stereocenters. The van der Waals surface area contributed by atoms with E-state index in [-0.39, 0.29) is 41.7 Å². The average molecular weight is 532 g/mol. The highest BCUT2D eigenvalue weighted by atomic mass is 19.4. The number of aromatic nitrogens is 1. The summed E-state index contributed by atoms with van der Waals surface area (Å²) in [5, 5.41) is 0. The van der Waals surface area contributed by atoms with Gasteiger partial charge < -0.3 is 19.3 Å². The molecule has 5 rings (SSSR count). The second-order valence-corrected chi connectivity index (χ2v) is 11.2. The van der Waals surface area contributed by atoms with Gasteiger partial charge in [-0.05, 0) is 62.5 Å². The van der Waals surface area contributed by atoms with Crippen molar-refractivity contribution < 1.29 is 36.2 Å². The van der Waals surface area contributed by atoms with Crippen molar-refractivity contribution in [2.24, 2.45) is 17.3 Å². The lowest BCUT2D eigenvalue weighted by Gasteiger charge is -2.40. The Morgan fingerprint density at radius 3 is 2.76 bits per heavy atom. The number of likely N-dealkylation sites (tertiary alicyclic amines) is 1. The monoisotopic (exact) mass is 531 g/mol. The van der Waals surface area contributed by atoms with Gasteiger partial charge in [-0.25, -0.2) is 13.8 Å². The van der Waals surface area contributed by atoms with Gasteiger partial charge in [-0.1, -0.05) is 0 Å². The molecule has 1 amide bonds. The Morgan fingerprint density at radius 1 is 1.27 bits per heavy atom. The highest BCUT2D eigenvalue weighted by Gasteiger charge is 2.54. The van der Waals surface area contributed by atoms with Crippen LogP contribution in [0.1, 0.15) is 50.5 Å². The fraction of sp³-hybridized carbons (Fsp3) is 0.769. The van der Waals surface area contributed by atoms with Crippen LogP contribution in [0.4, 0.5) is 27.8 Å². The number of hydrogen-bond acceptors (Lipinski definition) is 5. The summed E-state index contributed by atoms with van der Waals surface area (Å²) in [4.78, 5) is 21.5. The molecule has 0 radical (unpaired) electrons. The van der Waals surface area contributed by atoms with Crippen LogP contribution >= 0.6 is 0 Å². The summed E-state index contributed by atoms with van der Waals surface area (Å²) in [6.07, 6.45) is -2.45. The second-order valence-electron chi connectivity index (χ2n) is 11.2. The van der Waals surface area contributed by atoms with E-state index in [0.29, 0.717) is 45.6 Å². The molecular formula is C26H34F5N3O3. The Balaban J connectivity index is 1.27. The highest BCUT2D eigenvalue weighted by Crippen LogP contribution is 2.51. The van der Waals surface area contributed by atoms with Crippen LogP contribution in [0.5, 0.6) is 0 Å². The number of pyridine rings is 1. The summed E-state index contributed by atoms with van der Waals surface area (Å²) < 4.78 is 78.2. The smallest absolute Gasteiger partial charge is 0.379 e. The Hall–Kier alpha value is -2.01. The second kappa shape index (κ2) is 10.3. The van der Waals surface area contributed by atoms with E-state index in [0.717, 1.165) is 37.6 Å². The van der Waals surface area contributed by atoms with Gasteiger partial charge in [0.15, 0.2) is 0 Å². The number of rotatable bonds is 7. The Labute approximate surface area is 213 Å². The first-order valence-corrected chi connectivity index (χ1v) is 13.1. The van der Waals surface area contributed by atoms with Gasteiger partial charge in [-0.15, -0.1) is 0 Å². The van der Waals surface area contributed by atoms with E-state index in [1.165, 1.54) is 0 Å². The molecule has 0 N–H and O–H groups in total. The van der Waals surface area contributed by atoms with Gasteiger partial charge >= 0.3 is 6.18 Å². The zero-order valence-corrected chi connectivity index (χ0v) is 20.9. The summed E-state index contributed by atoms with van der Waals surface area (Å²) >= 11 is 0. The van der Waals surface area contributed by atoms with Crippen LogP contribution in [-0.4, -0.2) is 73.8 Å². The van der Waals surface area contributed by atoms with Crippen LogP contribution in [0.3, 0.4) is 0 Å². The molecule has 206 valence electrons. The zero-order valence-electron chi connectivity index (χ0n) is 20.9. The van der Waals surface area contributed by atoms with E-state index in [4.69, 9.17) is 9.47 Å². The van der Waals surface area contributed by atoms with Crippen molar-refractivity contribution in [3.8, 4) is 0 Å². The Morgan fingerprint density at radius 2 is 2.08 bits per heavy atom. The standard InChI is InChI=1S/C26H34F5N3O3/c1-36-21-15-37-7-4-17(21)8-16-2-5-25(11-16,12-22(27)28)24(35)34-14-19-10-20(34)13-33(19)23-9-18(3-6-32-23)26(29,30)31/h3,6,9,16-17,19-22H,2,4-5,7-8,10-15H2,1H3/t16-,17+,19-,20-,21+,25-/m0/s1. The molecule has 37 heavy (non-hydrogen) atoms. The molecular weight excluding hydrogens is 497 g/mol. The largest absolute Gasteiger partial charge is 0.416 e. The van der Waals surface area contributed by atoms with Gasteiger partial charge in [-0.3, -0.25) is 4.79 Å². The average Bonchev–Trinajstić information content (AvgIpc) is 3.58. The first-order valence-electron chi connectivity index (χ1n) is 13.1. The number of amides is 1. The predicted octanol–water partition coefficient (Wildman–Crippen LogP) is 4.77. The molecule has 6 nitrogen and oxygen atoms in total. The lowest BCUT2D eigenvalue weighted by molar-refractivity contribution is -0.146. The van der Waals surface area contributed by atoms with Crippen molar-refractivity contribution in [1.29, 1.82) is 0 Å². The van der Waals surface area contributed by atoms with Gasteiger partial charge in [0.2, 0.25) is 12.3 Å². The van der Waals surface area contributed by atoms with Gasteiger partial charge in [0.1, 0.15) is 5.82 Å². The Kier molecular flexibility index (Phi) is 7.39. The van der Waals surface area contributed by atoms with Crippen molar-refractivity contribution in [3.05, 3.63) is 23.9 Å². The maximum atomic E-state index is 13.8. The maximum absolute atomic E-state index is 13.8. The SMILES string of the molecule is CO[C@@H]1COCC[C@@H]1C[C@@H]1CC[C@](CC(F)F)(C(=O)N2C[C@@H]3C[C@H]2CN3c2cc(C(F)(F)F)ccn2)C1. The summed E-state index contributed by atoms with van der Waals surface area (Å²) in [6.45, 7) is 1.87. The molecule has 1 saturated carbocycles. The number of alkyl halides is 5. The zero-order chi connectivity index (χ0) is 26.4. The molecule has 2 bridgehead atoms. The minimum atomic E-state index is -4.47. The number of anilines is 1. The third kappa shape index (κ3) is 5.30. The van der Waals surface area contributed by atoms with E-state index < -0.39 is 30.0 Å². The third-order valence-electron chi connectivity index (χ3n) is 8.96. The number of piperazine rings is 1. The van der Waals surface area contributed by atoms with Crippen molar-refractivity contribution in [2.45, 2.75) is 75.7 Å². The van der Waals surface area contributed by atoms with Crippen molar-refractivity contribution in [2.75, 3.05) is 38.3 Å². The number of fused-ring (bicyclic) bond motifs is 2. The molecule has 1 aromatic rings. The summed E-state index contributed by atoms with van der Waals surface area (Å²) in [6, 6.07) is 1.59. The van der Waals surface area contributed by atoms with Crippen LogP contribution in [0.25, 0.3) is 0 Å². The van der Waals surface area contributed by atoms with E-state index in [1.807, 2.05) is 4.90 Å². The van der Waals surface area contributed by atoms with Gasteiger partial charge in [0.05, 0.1) is 35.8 Å². The summed E-state index contributed by atoms with van der Waals surface area (Å²) in [5.74, 6) is 0.489. The number of hydrogen-bond donors (Lipinski definition) is 0. The molecule has 1 aliphatic carbocycles. The number of halogens is 5. The third-order valence-corrected chi connectivity index (χ3v) is 8.96. The normalized spacial score (nSPS) is 34.1. The van der Waals surface area contributed by atoms with E-state index in [9.17, 15) is 26.7 Å². The van der Waals surface area contributed by atoms with Crippen molar-refractivity contribution in [3.63, 3.8) is 0 Å². The molecule has 1 aromatic heterocycles. The predicted molar refractivity (Wildman–Crippen MR) is 125 cm³/mol. The molecule has 4 heterocycles. The molecule has 6 atom stereocenters. The first-order chi connectivity index (χ1) is 17.6. The highest BCUT2D eigenvalue weighted by molar-refractivity contribution is 5.84. The minimum absolute atomic E-state index is 0.0145. The molecule has 4 aliphatic rings. The molecule has 0 spiro atoms. The Bertz CT molecular complexity index is 979. The topological polar surface area (TPSA) is 54.9 Å². The van der Waals surface area contributed by atoms with Crippen LogP contribution in [0.2, 0.25) is 0 Å². The van der Waals surface area contributed by atoms with Gasteiger partial charge in [-0.2, -0.15) is 13.2 Å². The van der Waals surface area contributed by atoms with Gasteiger partial charge in [0, 0.05) is 39.4 Å². The fourth-order valence-corrected chi connectivity index (χ4v) is 7.17. The van der Waals surface area contributed by atoms with Crippen LogP contribution in [-0.2, 0) is 20.4 Å². The maximum Gasteiger partial charge on any atom is 0.416 e. The van der Waals surface area contributed by atoms with Crippen LogP contribution < -0.4 is 4.90 Å². The number of nitrogens with zero attached hydrogens (tertiary/aromatic N) is 3. The number of methoxy groups -OCH3 is 1. The summed E-state index contributed by atoms with van der Waals surface area (Å²) in [5.41, 5.74) is -1.85. The van der Waals surface area contributed by atoms with Crippen LogP contribution in [0, 0.1) is 17.3 Å². The molecule has 0 aromatic carbocycles. The molecule has 11 heteroatoms. The van der Waals surface area contributed by atoms with E-state index in [1.54, 1.807) is 12.0 Å².